The molecule has 0 spiro atoms. The minimum Gasteiger partial charge on any atom is -0.326 e. The first-order chi connectivity index (χ1) is 12.7. The second-order valence-corrected chi connectivity index (χ2v) is 6.42. The van der Waals surface area contributed by atoms with E-state index in [-0.39, 0.29) is 22.9 Å². The summed E-state index contributed by atoms with van der Waals surface area (Å²) in [5.74, 6) is 0.0347. The third-order valence-electron chi connectivity index (χ3n) is 3.53. The fourth-order valence-corrected chi connectivity index (χ4v) is 2.91. The lowest BCUT2D eigenvalue weighted by atomic mass is 10.1. The van der Waals surface area contributed by atoms with Crippen molar-refractivity contribution in [3.8, 4) is 11.3 Å². The van der Waals surface area contributed by atoms with Gasteiger partial charge in [-0.2, -0.15) is 5.10 Å². The Kier molecular flexibility index (Phi) is 8.09. The molecule has 0 bridgehead atoms. The summed E-state index contributed by atoms with van der Waals surface area (Å²) in [6.07, 6.45) is 6.52. The number of carbonyl (C=O) groups excluding carboxylic acids is 1. The van der Waals surface area contributed by atoms with Crippen LogP contribution in [0.1, 0.15) is 25.3 Å². The number of benzene rings is 1. The molecule has 6 nitrogen and oxygen atoms in total. The highest BCUT2D eigenvalue weighted by Gasteiger charge is 2.05. The van der Waals surface area contributed by atoms with Crippen molar-refractivity contribution in [2.75, 3.05) is 10.7 Å². The standard InChI is InChI=1S/C19H19N5OS.BrH/c1-2-3-18(25)22-16-6-4-15(5-7-16)17-13-26-19(23-17)24-21-12-14-8-10-20-11-9-14;/h4-13H,2-3H2,1H3,(H,22,25)(H,23,24);1H. The van der Waals surface area contributed by atoms with E-state index in [2.05, 4.69) is 25.8 Å². The lowest BCUT2D eigenvalue weighted by Gasteiger charge is -2.04. The third-order valence-corrected chi connectivity index (χ3v) is 4.27. The molecule has 3 rings (SSSR count). The zero-order valence-corrected chi connectivity index (χ0v) is 17.3. The lowest BCUT2D eigenvalue weighted by Crippen LogP contribution is -2.10. The molecule has 2 heterocycles. The maximum Gasteiger partial charge on any atom is 0.224 e. The minimum absolute atomic E-state index is 0. The van der Waals surface area contributed by atoms with Gasteiger partial charge in [-0.25, -0.2) is 4.98 Å². The van der Waals surface area contributed by atoms with Gasteiger partial charge in [0.25, 0.3) is 0 Å². The van der Waals surface area contributed by atoms with Gasteiger partial charge in [0.2, 0.25) is 11.0 Å². The molecule has 0 saturated carbocycles. The Morgan fingerprint density at radius 2 is 1.93 bits per heavy atom. The number of anilines is 2. The van der Waals surface area contributed by atoms with Crippen molar-refractivity contribution in [3.05, 3.63) is 59.7 Å². The molecular formula is C19H20BrN5OS. The molecule has 2 aromatic heterocycles. The maximum absolute atomic E-state index is 11.6. The van der Waals surface area contributed by atoms with E-state index in [9.17, 15) is 4.79 Å². The minimum atomic E-state index is 0. The van der Waals surface area contributed by atoms with Crippen molar-refractivity contribution >= 4 is 51.3 Å². The van der Waals surface area contributed by atoms with Crippen molar-refractivity contribution in [1.82, 2.24) is 9.97 Å². The van der Waals surface area contributed by atoms with Gasteiger partial charge in [-0.3, -0.25) is 15.2 Å². The normalized spacial score (nSPS) is 10.4. The van der Waals surface area contributed by atoms with Gasteiger partial charge in [-0.1, -0.05) is 19.1 Å². The highest BCUT2D eigenvalue weighted by molar-refractivity contribution is 8.93. The molecule has 2 N–H and O–H groups in total. The van der Waals surface area contributed by atoms with E-state index in [0.29, 0.717) is 11.6 Å². The first-order valence-corrected chi connectivity index (χ1v) is 9.17. The predicted octanol–water partition coefficient (Wildman–Crippen LogP) is 4.97. The third kappa shape index (κ3) is 6.26. The summed E-state index contributed by atoms with van der Waals surface area (Å²) in [5.41, 5.74) is 6.54. The molecule has 8 heteroatoms. The molecule has 0 radical (unpaired) electrons. The quantitative estimate of drug-likeness (QED) is 0.397. The number of nitrogens with zero attached hydrogens (tertiary/aromatic N) is 3. The second-order valence-electron chi connectivity index (χ2n) is 5.56. The summed E-state index contributed by atoms with van der Waals surface area (Å²) in [6.45, 7) is 1.98. The van der Waals surface area contributed by atoms with E-state index >= 15 is 0 Å². The van der Waals surface area contributed by atoms with Crippen LogP contribution < -0.4 is 10.7 Å². The van der Waals surface area contributed by atoms with Crippen LogP contribution in [0.3, 0.4) is 0 Å². The van der Waals surface area contributed by atoms with E-state index in [1.807, 2.05) is 48.7 Å². The van der Waals surface area contributed by atoms with Gasteiger partial charge in [0, 0.05) is 35.4 Å². The molecule has 0 atom stereocenters. The summed E-state index contributed by atoms with van der Waals surface area (Å²) in [4.78, 5) is 20.1. The summed E-state index contributed by atoms with van der Waals surface area (Å²) in [6, 6.07) is 11.4. The monoisotopic (exact) mass is 445 g/mol. The molecule has 0 fully saturated rings. The van der Waals surface area contributed by atoms with Crippen molar-refractivity contribution in [3.63, 3.8) is 0 Å². The van der Waals surface area contributed by atoms with Crippen LogP contribution in [0.4, 0.5) is 10.8 Å². The summed E-state index contributed by atoms with van der Waals surface area (Å²) >= 11 is 1.48. The topological polar surface area (TPSA) is 79.3 Å². The van der Waals surface area contributed by atoms with Crippen LogP contribution in [-0.2, 0) is 4.79 Å². The first-order valence-electron chi connectivity index (χ1n) is 8.29. The SMILES string of the molecule is Br.CCCC(=O)Nc1ccc(-c2csc(NN=Cc3ccncc3)n2)cc1. The average Bonchev–Trinajstić information content (AvgIpc) is 3.12. The van der Waals surface area contributed by atoms with Crippen molar-refractivity contribution in [1.29, 1.82) is 0 Å². The number of carbonyl (C=O) groups is 1. The Hall–Kier alpha value is -2.58. The number of pyridine rings is 1. The van der Waals surface area contributed by atoms with Crippen molar-refractivity contribution in [2.45, 2.75) is 19.8 Å². The van der Waals surface area contributed by atoms with E-state index in [4.69, 9.17) is 0 Å². The fourth-order valence-electron chi connectivity index (χ4n) is 2.24. The van der Waals surface area contributed by atoms with Gasteiger partial charge < -0.3 is 5.32 Å². The number of nitrogens with one attached hydrogen (secondary N) is 2. The van der Waals surface area contributed by atoms with E-state index in [1.54, 1.807) is 18.6 Å². The molecule has 27 heavy (non-hydrogen) atoms. The number of hydrazone groups is 1. The van der Waals surface area contributed by atoms with Crippen LogP contribution >= 0.6 is 28.3 Å². The van der Waals surface area contributed by atoms with E-state index in [0.717, 1.165) is 28.9 Å². The average molecular weight is 446 g/mol. The highest BCUT2D eigenvalue weighted by Crippen LogP contribution is 2.26. The Morgan fingerprint density at radius 1 is 1.19 bits per heavy atom. The van der Waals surface area contributed by atoms with Crippen molar-refractivity contribution < 1.29 is 4.79 Å². The summed E-state index contributed by atoms with van der Waals surface area (Å²) in [7, 11) is 0. The summed E-state index contributed by atoms with van der Waals surface area (Å²) < 4.78 is 0. The first kappa shape index (κ1) is 20.7. The van der Waals surface area contributed by atoms with Crippen LogP contribution in [0, 0.1) is 0 Å². The predicted molar refractivity (Wildman–Crippen MR) is 117 cm³/mol. The molecule has 140 valence electrons. The number of thiazole rings is 1. The Balaban J connectivity index is 0.00000261. The van der Waals surface area contributed by atoms with Gasteiger partial charge in [-0.05, 0) is 36.2 Å². The lowest BCUT2D eigenvalue weighted by molar-refractivity contribution is -0.116. The van der Waals surface area contributed by atoms with Gasteiger partial charge in [0.1, 0.15) is 0 Å². The molecule has 0 aliphatic carbocycles. The van der Waals surface area contributed by atoms with Crippen LogP contribution in [0.2, 0.25) is 0 Å². The Morgan fingerprint density at radius 3 is 2.63 bits per heavy atom. The Bertz CT molecular complexity index is 881. The van der Waals surface area contributed by atoms with E-state index < -0.39 is 0 Å². The maximum atomic E-state index is 11.6. The fraction of sp³-hybridized carbons (Fsp3) is 0.158. The molecule has 0 unspecified atom stereocenters. The van der Waals surface area contributed by atoms with Crippen LogP contribution in [-0.4, -0.2) is 22.1 Å². The molecule has 1 aromatic carbocycles. The van der Waals surface area contributed by atoms with Gasteiger partial charge in [-0.15, -0.1) is 28.3 Å². The van der Waals surface area contributed by atoms with Crippen LogP contribution in [0.5, 0.6) is 0 Å². The van der Waals surface area contributed by atoms with Gasteiger partial charge in [0.05, 0.1) is 11.9 Å². The van der Waals surface area contributed by atoms with Gasteiger partial charge in [0.15, 0.2) is 0 Å². The summed E-state index contributed by atoms with van der Waals surface area (Å²) in [5, 5.41) is 9.74. The van der Waals surface area contributed by atoms with Crippen LogP contribution in [0.15, 0.2) is 59.3 Å². The zero-order valence-electron chi connectivity index (χ0n) is 14.8. The highest BCUT2D eigenvalue weighted by atomic mass is 79.9. The number of hydrogen-bond acceptors (Lipinski definition) is 6. The smallest absolute Gasteiger partial charge is 0.224 e. The molecule has 1 amide bonds. The number of hydrogen-bond donors (Lipinski definition) is 2. The molecule has 0 saturated heterocycles. The second kappa shape index (κ2) is 10.5. The molecule has 0 aliphatic rings. The molecular weight excluding hydrogens is 426 g/mol. The molecule has 3 aromatic rings. The van der Waals surface area contributed by atoms with Gasteiger partial charge >= 0.3 is 0 Å². The number of aromatic nitrogens is 2. The number of halogens is 1. The molecule has 0 aliphatic heterocycles. The number of rotatable bonds is 7. The largest absolute Gasteiger partial charge is 0.326 e. The number of amides is 1. The van der Waals surface area contributed by atoms with Crippen LogP contribution in [0.25, 0.3) is 11.3 Å². The van der Waals surface area contributed by atoms with E-state index in [1.165, 1.54) is 11.3 Å². The van der Waals surface area contributed by atoms with Crippen molar-refractivity contribution in [2.24, 2.45) is 5.10 Å². The zero-order chi connectivity index (χ0) is 18.2. The Labute approximate surface area is 172 Å².